The average Bonchev–Trinajstić information content (AvgIpc) is 2.78. The minimum absolute atomic E-state index is 0.693. The third-order valence-corrected chi connectivity index (χ3v) is 4.68. The van der Waals surface area contributed by atoms with Crippen LogP contribution in [0.25, 0.3) is 22.3 Å². The van der Waals surface area contributed by atoms with Crippen molar-refractivity contribution in [2.45, 2.75) is 11.8 Å². The molecular weight excluding hydrogens is 336 g/mol. The van der Waals surface area contributed by atoms with E-state index >= 15 is 0 Å². The van der Waals surface area contributed by atoms with Gasteiger partial charge in [-0.3, -0.25) is 4.21 Å². The Kier molecular flexibility index (Phi) is 3.52. The zero-order chi connectivity index (χ0) is 14.3. The maximum absolute atomic E-state index is 12.1. The summed E-state index contributed by atoms with van der Waals surface area (Å²) >= 11 is 3.45. The summed E-state index contributed by atoms with van der Waals surface area (Å²) in [5.41, 5.74) is 2.90. The third-order valence-electron chi connectivity index (χ3n) is 3.21. The third kappa shape index (κ3) is 2.34. The molecule has 0 amide bonds. The molecule has 0 aliphatic heterocycles. The first-order valence-corrected chi connectivity index (χ1v) is 8.54. The van der Waals surface area contributed by atoms with Crippen LogP contribution in [0.5, 0.6) is 0 Å². The highest BCUT2D eigenvalue weighted by Crippen LogP contribution is 2.36. The lowest BCUT2D eigenvalue weighted by molar-refractivity contribution is 0.622. The Bertz CT molecular complexity index is 803. The van der Waals surface area contributed by atoms with E-state index in [2.05, 4.69) is 15.9 Å². The molecule has 0 saturated heterocycles. The minimum Gasteiger partial charge on any atom is -0.455 e. The number of halogens is 1. The Labute approximate surface area is 128 Å². The van der Waals surface area contributed by atoms with E-state index in [-0.39, 0.29) is 0 Å². The molecule has 2 nitrogen and oxygen atoms in total. The monoisotopic (exact) mass is 348 g/mol. The molecule has 20 heavy (non-hydrogen) atoms. The molecule has 0 spiro atoms. The summed E-state index contributed by atoms with van der Waals surface area (Å²) in [6.07, 6.45) is 1.68. The standard InChI is InChI=1S/C16H13BrO2S/c1-10-3-5-11(6-4-10)15-16(20(2)18)13-9-12(17)7-8-14(13)19-15/h3-9H,1-2H3/t20-/m0/s1. The van der Waals surface area contributed by atoms with Crippen LogP contribution in [0, 0.1) is 6.92 Å². The van der Waals surface area contributed by atoms with Gasteiger partial charge in [-0.25, -0.2) is 0 Å². The van der Waals surface area contributed by atoms with Crippen molar-refractivity contribution in [3.63, 3.8) is 0 Å². The molecule has 4 heteroatoms. The fourth-order valence-electron chi connectivity index (χ4n) is 2.23. The molecule has 3 rings (SSSR count). The van der Waals surface area contributed by atoms with Crippen LogP contribution in [-0.4, -0.2) is 10.5 Å². The normalized spacial score (nSPS) is 12.8. The summed E-state index contributed by atoms with van der Waals surface area (Å²) in [4.78, 5) is 0.755. The van der Waals surface area contributed by atoms with Gasteiger partial charge >= 0.3 is 0 Å². The van der Waals surface area contributed by atoms with Gasteiger partial charge in [-0.15, -0.1) is 0 Å². The lowest BCUT2D eigenvalue weighted by Crippen LogP contribution is -1.89. The van der Waals surface area contributed by atoms with Crippen molar-refractivity contribution in [2.24, 2.45) is 0 Å². The number of hydrogen-bond donors (Lipinski definition) is 0. The lowest BCUT2D eigenvalue weighted by Gasteiger charge is -2.01. The molecule has 1 atom stereocenters. The van der Waals surface area contributed by atoms with Crippen LogP contribution in [0.2, 0.25) is 0 Å². The highest BCUT2D eigenvalue weighted by Gasteiger charge is 2.18. The second-order valence-corrected chi connectivity index (χ2v) is 6.95. The van der Waals surface area contributed by atoms with Gasteiger partial charge in [0, 0.05) is 21.7 Å². The van der Waals surface area contributed by atoms with Gasteiger partial charge in [0.25, 0.3) is 0 Å². The molecule has 102 valence electrons. The second-order valence-electron chi connectivity index (χ2n) is 4.72. The van der Waals surface area contributed by atoms with E-state index in [0.29, 0.717) is 5.76 Å². The summed E-state index contributed by atoms with van der Waals surface area (Å²) in [5.74, 6) is 0.693. The minimum atomic E-state index is -1.11. The van der Waals surface area contributed by atoms with Gasteiger partial charge in [-0.2, -0.15) is 0 Å². The van der Waals surface area contributed by atoms with Gasteiger partial charge in [0.05, 0.1) is 15.7 Å². The van der Waals surface area contributed by atoms with Crippen molar-refractivity contribution in [2.75, 3.05) is 6.26 Å². The largest absolute Gasteiger partial charge is 0.455 e. The lowest BCUT2D eigenvalue weighted by atomic mass is 10.1. The van der Waals surface area contributed by atoms with E-state index in [1.54, 1.807) is 6.26 Å². The van der Waals surface area contributed by atoms with Crippen molar-refractivity contribution in [1.29, 1.82) is 0 Å². The number of aryl methyl sites for hydroxylation is 1. The van der Waals surface area contributed by atoms with E-state index in [9.17, 15) is 4.21 Å². The van der Waals surface area contributed by atoms with Gasteiger partial charge in [0.1, 0.15) is 5.58 Å². The Balaban J connectivity index is 2.32. The molecule has 1 aromatic heterocycles. The van der Waals surface area contributed by atoms with Crippen molar-refractivity contribution < 1.29 is 8.63 Å². The number of rotatable bonds is 2. The van der Waals surface area contributed by atoms with E-state index in [1.165, 1.54) is 5.56 Å². The number of furan rings is 1. The van der Waals surface area contributed by atoms with Crippen molar-refractivity contribution in [1.82, 2.24) is 0 Å². The number of fused-ring (bicyclic) bond motifs is 1. The zero-order valence-corrected chi connectivity index (χ0v) is 13.5. The molecule has 0 saturated carbocycles. The van der Waals surface area contributed by atoms with E-state index in [0.717, 1.165) is 25.9 Å². The molecule has 0 N–H and O–H groups in total. The van der Waals surface area contributed by atoms with Gasteiger partial charge < -0.3 is 4.42 Å². The first-order valence-electron chi connectivity index (χ1n) is 6.19. The fourth-order valence-corrected chi connectivity index (χ4v) is 3.48. The molecule has 0 radical (unpaired) electrons. The first-order chi connectivity index (χ1) is 9.56. The summed E-state index contributed by atoms with van der Waals surface area (Å²) in [7, 11) is -1.11. The molecule has 0 fully saturated rings. The van der Waals surface area contributed by atoms with Crippen LogP contribution in [0.15, 0.2) is 56.2 Å². The molecule has 3 aromatic rings. The quantitative estimate of drug-likeness (QED) is 0.658. The van der Waals surface area contributed by atoms with Crippen LogP contribution in [0.3, 0.4) is 0 Å². The topological polar surface area (TPSA) is 30.2 Å². The fraction of sp³-hybridized carbons (Fsp3) is 0.125. The summed E-state index contributed by atoms with van der Waals surface area (Å²) < 4.78 is 19.0. The van der Waals surface area contributed by atoms with Gasteiger partial charge in [-0.1, -0.05) is 45.8 Å². The second kappa shape index (κ2) is 5.19. The highest BCUT2D eigenvalue weighted by molar-refractivity contribution is 9.10. The molecular formula is C16H13BrO2S. The van der Waals surface area contributed by atoms with Crippen molar-refractivity contribution in [3.8, 4) is 11.3 Å². The molecule has 1 heterocycles. The molecule has 0 aliphatic carbocycles. The van der Waals surface area contributed by atoms with E-state index < -0.39 is 10.8 Å². The molecule has 0 bridgehead atoms. The van der Waals surface area contributed by atoms with Crippen LogP contribution in [0.1, 0.15) is 5.56 Å². The van der Waals surface area contributed by atoms with Gasteiger partial charge in [-0.05, 0) is 25.1 Å². The van der Waals surface area contributed by atoms with Crippen LogP contribution in [-0.2, 0) is 10.8 Å². The smallest absolute Gasteiger partial charge is 0.151 e. The molecule has 0 aliphatic rings. The predicted octanol–water partition coefficient (Wildman–Crippen LogP) is 4.91. The summed E-state index contributed by atoms with van der Waals surface area (Å²) in [5, 5.41) is 0.899. The summed E-state index contributed by atoms with van der Waals surface area (Å²) in [6.45, 7) is 2.04. The number of hydrogen-bond acceptors (Lipinski definition) is 2. The Morgan fingerprint density at radius 2 is 1.80 bits per heavy atom. The first kappa shape index (κ1) is 13.6. The Morgan fingerprint density at radius 3 is 2.45 bits per heavy atom. The van der Waals surface area contributed by atoms with Crippen molar-refractivity contribution in [3.05, 3.63) is 52.5 Å². The average molecular weight is 349 g/mol. The Morgan fingerprint density at radius 1 is 1.10 bits per heavy atom. The number of benzene rings is 2. The Hall–Kier alpha value is -1.39. The zero-order valence-electron chi connectivity index (χ0n) is 11.1. The maximum atomic E-state index is 12.1. The SMILES string of the molecule is Cc1ccc(-c2oc3ccc(Br)cc3c2[S@](C)=O)cc1. The highest BCUT2D eigenvalue weighted by atomic mass is 79.9. The van der Waals surface area contributed by atoms with E-state index in [4.69, 9.17) is 4.42 Å². The van der Waals surface area contributed by atoms with Gasteiger partial charge in [0.2, 0.25) is 0 Å². The maximum Gasteiger partial charge on any atom is 0.151 e. The molecule has 2 aromatic carbocycles. The van der Waals surface area contributed by atoms with Crippen LogP contribution < -0.4 is 0 Å². The molecule has 0 unspecified atom stereocenters. The van der Waals surface area contributed by atoms with Gasteiger partial charge in [0.15, 0.2) is 5.76 Å². The van der Waals surface area contributed by atoms with E-state index in [1.807, 2.05) is 49.4 Å². The van der Waals surface area contributed by atoms with Crippen LogP contribution >= 0.6 is 15.9 Å². The van der Waals surface area contributed by atoms with Crippen molar-refractivity contribution >= 4 is 37.7 Å². The summed E-state index contributed by atoms with van der Waals surface area (Å²) in [6, 6.07) is 13.8. The predicted molar refractivity (Wildman–Crippen MR) is 86.4 cm³/mol. The van der Waals surface area contributed by atoms with Crippen LogP contribution in [0.4, 0.5) is 0 Å².